The zero-order valence-electron chi connectivity index (χ0n) is 12.1. The van der Waals surface area contributed by atoms with Crippen molar-refractivity contribution in [2.75, 3.05) is 19.6 Å². The first kappa shape index (κ1) is 13.9. The second kappa shape index (κ2) is 6.05. The van der Waals surface area contributed by atoms with E-state index < -0.39 is 0 Å². The molecule has 2 aliphatic rings. The maximum atomic E-state index is 12.2. The molecule has 2 rings (SSSR count). The largest absolute Gasteiger partial charge is 0.342 e. The fraction of sp³-hybridized carbons (Fsp3) is 0.933. The zero-order chi connectivity index (χ0) is 13.1. The Morgan fingerprint density at radius 3 is 2.28 bits per heavy atom. The van der Waals surface area contributed by atoms with Crippen molar-refractivity contribution in [3.05, 3.63) is 0 Å². The molecule has 0 aromatic rings. The van der Waals surface area contributed by atoms with Crippen molar-refractivity contribution in [3.63, 3.8) is 0 Å². The maximum absolute atomic E-state index is 12.2. The Hall–Kier alpha value is -0.570. The van der Waals surface area contributed by atoms with Gasteiger partial charge in [0, 0.05) is 25.0 Å². The molecular weight excluding hydrogens is 224 g/mol. The summed E-state index contributed by atoms with van der Waals surface area (Å²) in [6.45, 7) is 9.40. The van der Waals surface area contributed by atoms with Gasteiger partial charge >= 0.3 is 0 Å². The van der Waals surface area contributed by atoms with E-state index in [4.69, 9.17) is 0 Å². The maximum Gasteiger partial charge on any atom is 0.225 e. The molecule has 1 heterocycles. The topological polar surface area (TPSA) is 32.3 Å². The Labute approximate surface area is 111 Å². The molecule has 1 aliphatic carbocycles. The van der Waals surface area contributed by atoms with E-state index in [1.807, 2.05) is 0 Å². The van der Waals surface area contributed by atoms with E-state index >= 15 is 0 Å². The van der Waals surface area contributed by atoms with E-state index in [-0.39, 0.29) is 5.92 Å². The summed E-state index contributed by atoms with van der Waals surface area (Å²) in [5.74, 6) is 1.92. The standard InChI is InChI=1S/C15H28N2O/c1-11(2)12(3)15(18)17-8-6-14(7-9-17)16-10-13-4-5-13/h11-14,16H,4-10H2,1-3H3. The minimum atomic E-state index is 0.168. The molecule has 3 nitrogen and oxygen atoms in total. The first-order chi connectivity index (χ1) is 8.58. The van der Waals surface area contributed by atoms with Crippen molar-refractivity contribution in [2.24, 2.45) is 17.8 Å². The van der Waals surface area contributed by atoms with Gasteiger partial charge in [-0.15, -0.1) is 0 Å². The molecular formula is C15H28N2O. The first-order valence-corrected chi connectivity index (χ1v) is 7.60. The second-order valence-electron chi connectivity index (χ2n) is 6.48. The van der Waals surface area contributed by atoms with Gasteiger partial charge in [0.25, 0.3) is 0 Å². The molecule has 0 radical (unpaired) electrons. The smallest absolute Gasteiger partial charge is 0.225 e. The van der Waals surface area contributed by atoms with E-state index in [1.165, 1.54) is 19.4 Å². The molecule has 1 amide bonds. The van der Waals surface area contributed by atoms with Crippen LogP contribution in [0.3, 0.4) is 0 Å². The third kappa shape index (κ3) is 3.71. The van der Waals surface area contributed by atoms with Gasteiger partial charge in [-0.3, -0.25) is 4.79 Å². The van der Waals surface area contributed by atoms with Crippen LogP contribution in [0.1, 0.15) is 46.5 Å². The summed E-state index contributed by atoms with van der Waals surface area (Å²) in [5.41, 5.74) is 0. The SMILES string of the molecule is CC(C)C(C)C(=O)N1CCC(NCC2CC2)CC1. The highest BCUT2D eigenvalue weighted by Crippen LogP contribution is 2.28. The summed E-state index contributed by atoms with van der Waals surface area (Å²) >= 11 is 0. The zero-order valence-corrected chi connectivity index (χ0v) is 12.1. The number of nitrogens with zero attached hydrogens (tertiary/aromatic N) is 1. The van der Waals surface area contributed by atoms with Crippen LogP contribution in [0, 0.1) is 17.8 Å². The van der Waals surface area contributed by atoms with Crippen LogP contribution < -0.4 is 5.32 Å². The van der Waals surface area contributed by atoms with Gasteiger partial charge in [-0.1, -0.05) is 20.8 Å². The lowest BCUT2D eigenvalue weighted by molar-refractivity contribution is -0.137. The first-order valence-electron chi connectivity index (χ1n) is 7.60. The minimum absolute atomic E-state index is 0.168. The van der Waals surface area contributed by atoms with Crippen LogP contribution in [0.15, 0.2) is 0 Å². The molecule has 0 aromatic carbocycles. The van der Waals surface area contributed by atoms with Gasteiger partial charge in [0.15, 0.2) is 0 Å². The minimum Gasteiger partial charge on any atom is -0.342 e. The molecule has 1 aliphatic heterocycles. The summed E-state index contributed by atoms with van der Waals surface area (Å²) < 4.78 is 0. The number of amides is 1. The quantitative estimate of drug-likeness (QED) is 0.814. The van der Waals surface area contributed by atoms with E-state index in [1.54, 1.807) is 0 Å². The van der Waals surface area contributed by atoms with E-state index in [0.717, 1.165) is 31.8 Å². The lowest BCUT2D eigenvalue weighted by atomic mass is 9.95. The van der Waals surface area contributed by atoms with E-state index in [9.17, 15) is 4.79 Å². The van der Waals surface area contributed by atoms with E-state index in [0.29, 0.717) is 17.9 Å². The molecule has 1 unspecified atom stereocenters. The van der Waals surface area contributed by atoms with Gasteiger partial charge in [0.2, 0.25) is 5.91 Å². The molecule has 104 valence electrons. The van der Waals surface area contributed by atoms with Crippen LogP contribution in [0.5, 0.6) is 0 Å². The van der Waals surface area contributed by atoms with Crippen molar-refractivity contribution < 1.29 is 4.79 Å². The average molecular weight is 252 g/mol. The Kier molecular flexibility index (Phi) is 4.66. The molecule has 1 atom stereocenters. The van der Waals surface area contributed by atoms with Crippen molar-refractivity contribution in [1.82, 2.24) is 10.2 Å². The number of hydrogen-bond donors (Lipinski definition) is 1. The van der Waals surface area contributed by atoms with Crippen molar-refractivity contribution in [1.29, 1.82) is 0 Å². The fourth-order valence-electron chi connectivity index (χ4n) is 2.53. The van der Waals surface area contributed by atoms with Gasteiger partial charge in [-0.25, -0.2) is 0 Å². The van der Waals surface area contributed by atoms with Gasteiger partial charge in [-0.2, -0.15) is 0 Å². The average Bonchev–Trinajstić information content (AvgIpc) is 3.19. The van der Waals surface area contributed by atoms with Gasteiger partial charge in [0.1, 0.15) is 0 Å². The van der Waals surface area contributed by atoms with Gasteiger partial charge < -0.3 is 10.2 Å². The van der Waals surface area contributed by atoms with Crippen molar-refractivity contribution in [2.45, 2.75) is 52.5 Å². The number of carbonyl (C=O) groups is 1. The van der Waals surface area contributed by atoms with Crippen LogP contribution in [0.2, 0.25) is 0 Å². The van der Waals surface area contributed by atoms with Crippen LogP contribution >= 0.6 is 0 Å². The number of nitrogens with one attached hydrogen (secondary N) is 1. The number of rotatable bonds is 5. The molecule has 2 fully saturated rings. The van der Waals surface area contributed by atoms with Crippen LogP contribution in [0.4, 0.5) is 0 Å². The lowest BCUT2D eigenvalue weighted by Crippen LogP contribution is -2.47. The van der Waals surface area contributed by atoms with Crippen molar-refractivity contribution in [3.8, 4) is 0 Å². The molecule has 1 saturated carbocycles. The van der Waals surface area contributed by atoms with Crippen LogP contribution in [-0.4, -0.2) is 36.5 Å². The number of hydrogen-bond acceptors (Lipinski definition) is 2. The molecule has 3 heteroatoms. The molecule has 0 aromatic heterocycles. The summed E-state index contributed by atoms with van der Waals surface area (Å²) in [4.78, 5) is 14.3. The Morgan fingerprint density at radius 1 is 1.17 bits per heavy atom. The lowest BCUT2D eigenvalue weighted by Gasteiger charge is -2.34. The highest BCUT2D eigenvalue weighted by molar-refractivity contribution is 5.78. The summed E-state index contributed by atoms with van der Waals surface area (Å²) in [5, 5.41) is 3.66. The number of piperidine rings is 1. The van der Waals surface area contributed by atoms with Crippen molar-refractivity contribution >= 4 is 5.91 Å². The predicted octanol–water partition coefficient (Wildman–Crippen LogP) is 2.27. The van der Waals surface area contributed by atoms with Crippen LogP contribution in [0.25, 0.3) is 0 Å². The van der Waals surface area contributed by atoms with Gasteiger partial charge in [0.05, 0.1) is 0 Å². The van der Waals surface area contributed by atoms with E-state index in [2.05, 4.69) is 31.0 Å². The monoisotopic (exact) mass is 252 g/mol. The predicted molar refractivity (Wildman–Crippen MR) is 74.3 cm³/mol. The molecule has 0 bridgehead atoms. The summed E-state index contributed by atoms with van der Waals surface area (Å²) in [6, 6.07) is 0.643. The highest BCUT2D eigenvalue weighted by atomic mass is 16.2. The number of carbonyl (C=O) groups excluding carboxylic acids is 1. The third-order valence-electron chi connectivity index (χ3n) is 4.59. The summed E-state index contributed by atoms with van der Waals surface area (Å²) in [7, 11) is 0. The normalized spacial score (nSPS) is 23.4. The van der Waals surface area contributed by atoms with Gasteiger partial charge in [-0.05, 0) is 44.1 Å². The Bertz CT molecular complexity index is 278. The Morgan fingerprint density at radius 2 is 1.78 bits per heavy atom. The molecule has 1 saturated heterocycles. The highest BCUT2D eigenvalue weighted by Gasteiger charge is 2.28. The molecule has 0 spiro atoms. The molecule has 1 N–H and O–H groups in total. The fourth-order valence-corrected chi connectivity index (χ4v) is 2.53. The second-order valence-corrected chi connectivity index (χ2v) is 6.48. The Balaban J connectivity index is 1.70. The van der Waals surface area contributed by atoms with Crippen LogP contribution in [-0.2, 0) is 4.79 Å². The third-order valence-corrected chi connectivity index (χ3v) is 4.59. The molecule has 18 heavy (non-hydrogen) atoms. The number of likely N-dealkylation sites (tertiary alicyclic amines) is 1. The summed E-state index contributed by atoms with van der Waals surface area (Å²) in [6.07, 6.45) is 5.08.